The monoisotopic (exact) mass is 628 g/mol. The molecule has 0 spiro atoms. The first-order valence-electron chi connectivity index (χ1n) is 16.6. The van der Waals surface area contributed by atoms with Crippen molar-refractivity contribution in [3.8, 4) is 0 Å². The van der Waals surface area contributed by atoms with Crippen LogP contribution < -0.4 is 10.6 Å². The van der Waals surface area contributed by atoms with Gasteiger partial charge in [-0.2, -0.15) is 0 Å². The Labute approximate surface area is 264 Å². The summed E-state index contributed by atoms with van der Waals surface area (Å²) in [6, 6.07) is -2.43. The maximum absolute atomic E-state index is 11.7. The minimum atomic E-state index is -1.28. The number of nitrogens with one attached hydrogen (secondary N) is 2. The molecule has 44 heavy (non-hydrogen) atoms. The van der Waals surface area contributed by atoms with Gasteiger partial charge in [-0.1, -0.05) is 110 Å². The van der Waals surface area contributed by atoms with Crippen LogP contribution >= 0.6 is 0 Å². The van der Waals surface area contributed by atoms with Crippen molar-refractivity contribution in [2.75, 3.05) is 0 Å². The summed E-state index contributed by atoms with van der Waals surface area (Å²) in [5.74, 6) is -4.61. The number of Topliss-reactive ketones (excluding diaryl/α,β-unsaturated/α-hetero) is 1. The Kier molecular flexibility index (Phi) is 29.5. The van der Waals surface area contributed by atoms with Gasteiger partial charge < -0.3 is 30.7 Å². The van der Waals surface area contributed by atoms with E-state index in [0.717, 1.165) is 19.8 Å². The highest BCUT2D eigenvalue weighted by atomic mass is 16.4. The molecule has 0 aromatic carbocycles. The van der Waals surface area contributed by atoms with Gasteiger partial charge in [0.15, 0.2) is 0 Å². The topological polar surface area (TPSA) is 187 Å². The van der Waals surface area contributed by atoms with Gasteiger partial charge in [0.1, 0.15) is 17.9 Å². The van der Waals surface area contributed by atoms with Crippen molar-refractivity contribution in [2.45, 2.75) is 174 Å². The molecule has 5 N–H and O–H groups in total. The van der Waals surface area contributed by atoms with Crippen LogP contribution in [0.3, 0.4) is 0 Å². The molecule has 0 aliphatic rings. The summed E-state index contributed by atoms with van der Waals surface area (Å²) >= 11 is 0. The van der Waals surface area contributed by atoms with Crippen molar-refractivity contribution in [3.05, 3.63) is 0 Å². The molecule has 0 bridgehead atoms. The molecule has 0 rings (SSSR count). The molecule has 2 atom stereocenters. The summed E-state index contributed by atoms with van der Waals surface area (Å²) in [7, 11) is 0. The van der Waals surface area contributed by atoms with Gasteiger partial charge in [0.2, 0.25) is 11.8 Å². The van der Waals surface area contributed by atoms with Crippen LogP contribution in [0.2, 0.25) is 0 Å². The molecule has 0 saturated heterocycles. The average molecular weight is 629 g/mol. The lowest BCUT2D eigenvalue weighted by molar-refractivity contribution is -0.143. The van der Waals surface area contributed by atoms with E-state index in [1.807, 2.05) is 0 Å². The summed E-state index contributed by atoms with van der Waals surface area (Å²) in [4.78, 5) is 65.5. The second-order valence-corrected chi connectivity index (χ2v) is 11.6. The first-order valence-corrected chi connectivity index (χ1v) is 16.6. The largest absolute Gasteiger partial charge is 0.481 e. The van der Waals surface area contributed by atoms with E-state index < -0.39 is 41.8 Å². The Hall–Kier alpha value is -2.98. The second kappa shape index (κ2) is 30.1. The summed E-state index contributed by atoms with van der Waals surface area (Å²) in [6.45, 7) is 4.74. The van der Waals surface area contributed by atoms with Gasteiger partial charge in [-0.3, -0.25) is 14.4 Å². The molecule has 11 nitrogen and oxygen atoms in total. The Morgan fingerprint density at radius 3 is 1.20 bits per heavy atom. The van der Waals surface area contributed by atoms with Crippen molar-refractivity contribution < 1.29 is 44.1 Å². The number of carboxylic acids is 3. The van der Waals surface area contributed by atoms with E-state index in [0.29, 0.717) is 6.42 Å². The number of rotatable bonds is 28. The third-order valence-corrected chi connectivity index (χ3v) is 7.25. The van der Waals surface area contributed by atoms with Crippen LogP contribution in [-0.2, 0) is 28.8 Å². The van der Waals surface area contributed by atoms with Gasteiger partial charge in [-0.15, -0.1) is 0 Å². The van der Waals surface area contributed by atoms with Gasteiger partial charge in [0, 0.05) is 26.2 Å². The molecule has 256 valence electrons. The van der Waals surface area contributed by atoms with Crippen molar-refractivity contribution in [1.29, 1.82) is 0 Å². The Morgan fingerprint density at radius 1 is 0.500 bits per heavy atom. The number of amides is 2. The van der Waals surface area contributed by atoms with E-state index in [1.54, 1.807) is 0 Å². The molecule has 11 heteroatoms. The van der Waals surface area contributed by atoms with Crippen molar-refractivity contribution in [2.24, 2.45) is 0 Å². The second-order valence-electron chi connectivity index (χ2n) is 11.6. The smallest absolute Gasteiger partial charge is 0.326 e. The fourth-order valence-corrected chi connectivity index (χ4v) is 4.65. The zero-order valence-corrected chi connectivity index (χ0v) is 27.5. The average Bonchev–Trinajstić information content (AvgIpc) is 2.94. The molecule has 0 heterocycles. The highest BCUT2D eigenvalue weighted by molar-refractivity contribution is 5.86. The number of carbonyl (C=O) groups is 6. The number of carbonyl (C=O) groups excluding carboxylic acids is 3. The number of carboxylic acid groups (broad SMARTS) is 3. The molecule has 2 amide bonds. The maximum Gasteiger partial charge on any atom is 0.326 e. The Bertz CT molecular complexity index is 817. The van der Waals surface area contributed by atoms with Crippen LogP contribution in [0.25, 0.3) is 0 Å². The van der Waals surface area contributed by atoms with Crippen LogP contribution in [0.4, 0.5) is 0 Å². The summed E-state index contributed by atoms with van der Waals surface area (Å²) in [6.07, 6.45) is 22.7. The van der Waals surface area contributed by atoms with Gasteiger partial charge in [-0.05, 0) is 26.2 Å². The zero-order chi connectivity index (χ0) is 33.6. The maximum atomic E-state index is 11.7. The fraction of sp³-hybridized carbons (Fsp3) is 0.818. The third kappa shape index (κ3) is 31.9. The predicted octanol–water partition coefficient (Wildman–Crippen LogP) is 6.41. The summed E-state index contributed by atoms with van der Waals surface area (Å²) < 4.78 is 0. The lowest BCUT2D eigenvalue weighted by Gasteiger charge is -2.16. The van der Waals surface area contributed by atoms with E-state index >= 15 is 0 Å². The molecule has 0 fully saturated rings. The van der Waals surface area contributed by atoms with Gasteiger partial charge >= 0.3 is 17.9 Å². The number of unbranched alkanes of at least 4 members (excludes halogenated alkanes) is 16. The van der Waals surface area contributed by atoms with Crippen molar-refractivity contribution in [1.82, 2.24) is 10.6 Å². The van der Waals surface area contributed by atoms with E-state index in [4.69, 9.17) is 15.3 Å². The van der Waals surface area contributed by atoms with Crippen LogP contribution in [0, 0.1) is 0 Å². The fourth-order valence-electron chi connectivity index (χ4n) is 4.65. The van der Waals surface area contributed by atoms with Crippen LogP contribution in [0.5, 0.6) is 0 Å². The van der Waals surface area contributed by atoms with E-state index in [-0.39, 0.29) is 31.5 Å². The first-order chi connectivity index (χ1) is 20.9. The minimum absolute atomic E-state index is 0.0148. The van der Waals surface area contributed by atoms with E-state index in [1.165, 1.54) is 103 Å². The molecule has 0 aliphatic heterocycles. The molecule has 0 aromatic rings. The lowest BCUT2D eigenvalue weighted by Crippen LogP contribution is -2.43. The van der Waals surface area contributed by atoms with Crippen molar-refractivity contribution in [3.63, 3.8) is 0 Å². The summed E-state index contributed by atoms with van der Waals surface area (Å²) in [5, 5.41) is 30.7. The van der Waals surface area contributed by atoms with Crippen molar-refractivity contribution >= 4 is 35.5 Å². The van der Waals surface area contributed by atoms with Gasteiger partial charge in [0.25, 0.3) is 0 Å². The predicted molar refractivity (Wildman–Crippen MR) is 170 cm³/mol. The molecule has 0 saturated carbocycles. The Morgan fingerprint density at radius 2 is 0.864 bits per heavy atom. The quantitative estimate of drug-likeness (QED) is 0.0610. The summed E-state index contributed by atoms with van der Waals surface area (Å²) in [5.41, 5.74) is 0. The van der Waals surface area contributed by atoms with Crippen LogP contribution in [0.15, 0.2) is 0 Å². The standard InChI is InChI=1S/C20H40O2.C13H20N2O7/c1-2-3-4-5-6-7-8-9-10-11-12-13-14-15-16-17-18-19-20(21)22;1-7(16)3-4-10(13(21)22)15-11(18)6-5-9(12(19)20)14-8(2)17/h2-19H2,1H3,(H,21,22);9-10H,3-6H2,1-2H3,(H,14,17)(H,15,18)(H,19,20)(H,21,22)/t;9-,10-/m.0/s1. The number of ketones is 1. The van der Waals surface area contributed by atoms with Gasteiger partial charge in [-0.25, -0.2) is 9.59 Å². The zero-order valence-electron chi connectivity index (χ0n) is 27.5. The van der Waals surface area contributed by atoms with Gasteiger partial charge in [0.05, 0.1) is 0 Å². The lowest BCUT2D eigenvalue weighted by atomic mass is 10.0. The third-order valence-electron chi connectivity index (χ3n) is 7.25. The highest BCUT2D eigenvalue weighted by Gasteiger charge is 2.23. The molecule has 0 radical (unpaired) electrons. The first kappa shape index (κ1) is 43.1. The minimum Gasteiger partial charge on any atom is -0.481 e. The number of hydrogen-bond donors (Lipinski definition) is 5. The molecule has 0 aromatic heterocycles. The normalized spacial score (nSPS) is 11.9. The molecule has 0 unspecified atom stereocenters. The highest BCUT2D eigenvalue weighted by Crippen LogP contribution is 2.14. The number of aliphatic carboxylic acids is 3. The number of hydrogen-bond acceptors (Lipinski definition) is 6. The van der Waals surface area contributed by atoms with Crippen LogP contribution in [-0.4, -0.2) is 62.9 Å². The Balaban J connectivity index is 0. The van der Waals surface area contributed by atoms with E-state index in [2.05, 4.69) is 17.6 Å². The SMILES string of the molecule is CC(=O)CC[C@H](NC(=O)CC[C@H](NC(C)=O)C(=O)O)C(=O)O.CCCCCCCCCCCCCCCCCCCC(=O)O. The molecule has 0 aliphatic carbocycles. The molecular weight excluding hydrogens is 568 g/mol. The van der Waals surface area contributed by atoms with Crippen LogP contribution in [0.1, 0.15) is 162 Å². The molecular formula is C33H60N2O9. The van der Waals surface area contributed by atoms with E-state index in [9.17, 15) is 28.8 Å².